The van der Waals surface area contributed by atoms with Crippen molar-refractivity contribution in [2.75, 3.05) is 18.6 Å². The number of ether oxygens (including phenoxy) is 2. The Morgan fingerprint density at radius 2 is 2.04 bits per heavy atom. The highest BCUT2D eigenvalue weighted by atomic mass is 79.9. The zero-order chi connectivity index (χ0) is 19.8. The van der Waals surface area contributed by atoms with Crippen LogP contribution in [0.15, 0.2) is 46.0 Å². The fraction of sp³-hybridized carbons (Fsp3) is 0.176. The van der Waals surface area contributed by atoms with Crippen molar-refractivity contribution in [1.82, 2.24) is 0 Å². The lowest BCUT2D eigenvalue weighted by molar-refractivity contribution is -0.384. The average Bonchev–Trinajstić information content (AvgIpc) is 2.61. The standard InChI is InChI=1S/C17H16BrN3O6/c1-2-26-15-8-11(7-14(18)17(15)27-10-16(22)23)9-19-20-12-3-5-13(6-4-12)21(24)25/h3-9,20H,2,10H2,1H3,(H,22,23). The van der Waals surface area contributed by atoms with Crippen LogP contribution in [0.1, 0.15) is 12.5 Å². The van der Waals surface area contributed by atoms with E-state index in [1.165, 1.54) is 18.3 Å². The Morgan fingerprint density at radius 3 is 2.63 bits per heavy atom. The maximum Gasteiger partial charge on any atom is 0.341 e. The van der Waals surface area contributed by atoms with E-state index in [0.29, 0.717) is 33.8 Å². The summed E-state index contributed by atoms with van der Waals surface area (Å²) in [5.74, 6) is -0.424. The number of nitro groups is 1. The Bertz CT molecular complexity index is 854. The van der Waals surface area contributed by atoms with Gasteiger partial charge in [-0.05, 0) is 52.7 Å². The van der Waals surface area contributed by atoms with Crippen molar-refractivity contribution in [3.8, 4) is 11.5 Å². The predicted molar refractivity (Wildman–Crippen MR) is 103 cm³/mol. The van der Waals surface area contributed by atoms with E-state index in [2.05, 4.69) is 26.5 Å². The number of carboxylic acids is 1. The number of hydrogen-bond donors (Lipinski definition) is 2. The van der Waals surface area contributed by atoms with Crippen molar-refractivity contribution >= 4 is 39.5 Å². The molecule has 9 nitrogen and oxygen atoms in total. The van der Waals surface area contributed by atoms with Gasteiger partial charge in [-0.1, -0.05) is 0 Å². The van der Waals surface area contributed by atoms with Gasteiger partial charge in [-0.2, -0.15) is 5.10 Å². The van der Waals surface area contributed by atoms with Gasteiger partial charge in [0.05, 0.1) is 27.9 Å². The lowest BCUT2D eigenvalue weighted by atomic mass is 10.2. The number of non-ortho nitro benzene ring substituents is 1. The van der Waals surface area contributed by atoms with Crippen LogP contribution in [-0.2, 0) is 4.79 Å². The Balaban J connectivity index is 2.13. The number of carbonyl (C=O) groups is 1. The third-order valence-corrected chi connectivity index (χ3v) is 3.75. The molecule has 0 aliphatic rings. The molecule has 0 aromatic heterocycles. The number of rotatable bonds is 9. The number of benzene rings is 2. The van der Waals surface area contributed by atoms with Gasteiger partial charge in [0.15, 0.2) is 18.1 Å². The fourth-order valence-corrected chi connectivity index (χ4v) is 2.61. The van der Waals surface area contributed by atoms with E-state index in [1.807, 2.05) is 0 Å². The molecule has 0 saturated heterocycles. The van der Waals surface area contributed by atoms with Crippen molar-refractivity contribution < 1.29 is 24.3 Å². The second-order valence-electron chi connectivity index (χ2n) is 5.12. The summed E-state index contributed by atoms with van der Waals surface area (Å²) in [6, 6.07) is 9.18. The summed E-state index contributed by atoms with van der Waals surface area (Å²) in [4.78, 5) is 20.9. The molecule has 0 unspecified atom stereocenters. The maximum absolute atomic E-state index is 10.7. The number of hydrazone groups is 1. The van der Waals surface area contributed by atoms with E-state index in [9.17, 15) is 14.9 Å². The molecule has 2 aromatic carbocycles. The van der Waals surface area contributed by atoms with E-state index < -0.39 is 17.5 Å². The summed E-state index contributed by atoms with van der Waals surface area (Å²) >= 11 is 3.33. The third kappa shape index (κ3) is 5.96. The van der Waals surface area contributed by atoms with Gasteiger partial charge in [0.25, 0.3) is 5.69 Å². The number of aliphatic carboxylic acids is 1. The molecule has 142 valence electrons. The smallest absolute Gasteiger partial charge is 0.341 e. The molecule has 2 aromatic rings. The van der Waals surface area contributed by atoms with Gasteiger partial charge >= 0.3 is 5.97 Å². The Hall–Kier alpha value is -3.14. The topological polar surface area (TPSA) is 123 Å². The summed E-state index contributed by atoms with van der Waals surface area (Å²) in [6.07, 6.45) is 1.52. The van der Waals surface area contributed by atoms with E-state index >= 15 is 0 Å². The van der Waals surface area contributed by atoms with Gasteiger partial charge in [0.2, 0.25) is 0 Å². The van der Waals surface area contributed by atoms with Crippen LogP contribution in [0.25, 0.3) is 0 Å². The molecule has 2 rings (SSSR count). The largest absolute Gasteiger partial charge is 0.490 e. The Morgan fingerprint density at radius 1 is 1.33 bits per heavy atom. The zero-order valence-corrected chi connectivity index (χ0v) is 15.8. The van der Waals surface area contributed by atoms with Crippen molar-refractivity contribution in [3.63, 3.8) is 0 Å². The molecule has 0 bridgehead atoms. The van der Waals surface area contributed by atoms with Gasteiger partial charge in [-0.15, -0.1) is 0 Å². The highest BCUT2D eigenvalue weighted by molar-refractivity contribution is 9.10. The summed E-state index contributed by atoms with van der Waals surface area (Å²) in [7, 11) is 0. The number of anilines is 1. The van der Waals surface area contributed by atoms with Crippen LogP contribution in [0.2, 0.25) is 0 Å². The predicted octanol–water partition coefficient (Wildman–Crippen LogP) is 3.67. The minimum absolute atomic E-state index is 0.00762. The number of carboxylic acid groups (broad SMARTS) is 1. The monoisotopic (exact) mass is 437 g/mol. The van der Waals surface area contributed by atoms with Gasteiger partial charge in [-0.3, -0.25) is 15.5 Å². The molecule has 0 aliphatic carbocycles. The normalized spacial score (nSPS) is 10.6. The average molecular weight is 438 g/mol. The molecule has 0 aliphatic heterocycles. The number of nitrogens with zero attached hydrogens (tertiary/aromatic N) is 2. The second-order valence-corrected chi connectivity index (χ2v) is 5.97. The third-order valence-electron chi connectivity index (χ3n) is 3.16. The van der Waals surface area contributed by atoms with Gasteiger partial charge in [0, 0.05) is 12.1 Å². The van der Waals surface area contributed by atoms with Gasteiger partial charge < -0.3 is 14.6 Å². The van der Waals surface area contributed by atoms with Crippen LogP contribution >= 0.6 is 15.9 Å². The fourth-order valence-electron chi connectivity index (χ4n) is 2.04. The van der Waals surface area contributed by atoms with Crippen LogP contribution in [0, 0.1) is 10.1 Å². The quantitative estimate of drug-likeness (QED) is 0.348. The molecular formula is C17H16BrN3O6. The number of nitrogens with one attached hydrogen (secondary N) is 1. The number of hydrogen-bond acceptors (Lipinski definition) is 7. The molecule has 10 heteroatoms. The van der Waals surface area contributed by atoms with Crippen LogP contribution in [0.5, 0.6) is 11.5 Å². The van der Waals surface area contributed by atoms with E-state index in [0.717, 1.165) is 0 Å². The van der Waals surface area contributed by atoms with E-state index in [-0.39, 0.29) is 5.69 Å². The van der Waals surface area contributed by atoms with Crippen molar-refractivity contribution in [2.24, 2.45) is 5.10 Å². The lowest BCUT2D eigenvalue weighted by Gasteiger charge is -2.13. The first kappa shape index (κ1) is 20.2. The molecule has 27 heavy (non-hydrogen) atoms. The van der Waals surface area contributed by atoms with Crippen molar-refractivity contribution in [2.45, 2.75) is 6.92 Å². The van der Waals surface area contributed by atoms with Crippen LogP contribution in [-0.4, -0.2) is 35.4 Å². The molecular weight excluding hydrogens is 422 g/mol. The summed E-state index contributed by atoms with van der Waals surface area (Å²) in [5, 5.41) is 23.5. The van der Waals surface area contributed by atoms with Crippen LogP contribution in [0.4, 0.5) is 11.4 Å². The second kappa shape index (κ2) is 9.53. The number of halogens is 1. The number of nitro benzene ring substituents is 1. The molecule has 0 spiro atoms. The van der Waals surface area contributed by atoms with Crippen LogP contribution < -0.4 is 14.9 Å². The van der Waals surface area contributed by atoms with Gasteiger partial charge in [-0.25, -0.2) is 4.79 Å². The van der Waals surface area contributed by atoms with E-state index in [4.69, 9.17) is 14.6 Å². The highest BCUT2D eigenvalue weighted by Gasteiger charge is 2.13. The molecule has 2 N–H and O–H groups in total. The maximum atomic E-state index is 10.7. The summed E-state index contributed by atoms with van der Waals surface area (Å²) in [5.41, 5.74) is 4.01. The molecule has 0 fully saturated rings. The van der Waals surface area contributed by atoms with Crippen molar-refractivity contribution in [1.29, 1.82) is 0 Å². The molecule has 0 amide bonds. The minimum atomic E-state index is -1.10. The van der Waals surface area contributed by atoms with Crippen molar-refractivity contribution in [3.05, 3.63) is 56.5 Å². The first-order valence-electron chi connectivity index (χ1n) is 7.75. The molecule has 0 heterocycles. The molecule has 0 atom stereocenters. The first-order chi connectivity index (χ1) is 12.9. The summed E-state index contributed by atoms with van der Waals surface area (Å²) < 4.78 is 11.3. The summed E-state index contributed by atoms with van der Waals surface area (Å²) in [6.45, 7) is 1.68. The zero-order valence-electron chi connectivity index (χ0n) is 14.2. The Kier molecular flexibility index (Phi) is 7.12. The Labute approximate surface area is 162 Å². The molecule has 0 saturated carbocycles. The van der Waals surface area contributed by atoms with E-state index in [1.54, 1.807) is 31.2 Å². The first-order valence-corrected chi connectivity index (χ1v) is 8.54. The van der Waals surface area contributed by atoms with Crippen LogP contribution in [0.3, 0.4) is 0 Å². The lowest BCUT2D eigenvalue weighted by Crippen LogP contribution is -2.11. The van der Waals surface area contributed by atoms with Gasteiger partial charge in [0.1, 0.15) is 0 Å². The minimum Gasteiger partial charge on any atom is -0.490 e. The molecule has 0 radical (unpaired) electrons. The highest BCUT2D eigenvalue weighted by Crippen LogP contribution is 2.36. The SMILES string of the molecule is CCOc1cc(C=NNc2ccc([N+](=O)[O-])cc2)cc(Br)c1OCC(=O)O.